The number of benzene rings is 2. The monoisotopic (exact) mass is 449 g/mol. The van der Waals surface area contributed by atoms with E-state index in [1.807, 2.05) is 70.9 Å². The summed E-state index contributed by atoms with van der Waals surface area (Å²) in [6.07, 6.45) is 0.468. The molecule has 0 saturated carbocycles. The lowest BCUT2D eigenvalue weighted by atomic mass is 10.0. The van der Waals surface area contributed by atoms with Crippen LogP contribution in [0.3, 0.4) is 0 Å². The number of nitrogens with one attached hydrogen (secondary N) is 1. The van der Waals surface area contributed by atoms with Crippen molar-refractivity contribution in [2.24, 2.45) is 0 Å². The Balaban J connectivity index is 1.42. The molecule has 1 fully saturated rings. The summed E-state index contributed by atoms with van der Waals surface area (Å²) in [4.78, 5) is 30.8. The molecule has 1 aromatic heterocycles. The van der Waals surface area contributed by atoms with E-state index in [9.17, 15) is 9.59 Å². The quantitative estimate of drug-likeness (QED) is 0.600. The molecule has 2 amide bonds. The lowest BCUT2D eigenvalue weighted by molar-refractivity contribution is -0.133. The van der Waals surface area contributed by atoms with Gasteiger partial charge in [0, 0.05) is 38.3 Å². The first kappa shape index (κ1) is 21.9. The van der Waals surface area contributed by atoms with Gasteiger partial charge >= 0.3 is 0 Å². The lowest BCUT2D eigenvalue weighted by Gasteiger charge is -2.37. The summed E-state index contributed by atoms with van der Waals surface area (Å²) in [7, 11) is 1.66. The molecular weight excluding hydrogens is 422 g/mol. The second kappa shape index (κ2) is 10.3. The molecular formula is C25H27N3O3S. The molecule has 32 heavy (non-hydrogen) atoms. The summed E-state index contributed by atoms with van der Waals surface area (Å²) in [6, 6.07) is 20.8. The van der Waals surface area contributed by atoms with Crippen LogP contribution in [-0.2, 0) is 11.2 Å². The number of rotatable bonds is 7. The van der Waals surface area contributed by atoms with Crippen LogP contribution in [0.1, 0.15) is 15.2 Å². The smallest absolute Gasteiger partial charge is 0.262 e. The van der Waals surface area contributed by atoms with Gasteiger partial charge in [-0.15, -0.1) is 11.3 Å². The van der Waals surface area contributed by atoms with E-state index in [0.29, 0.717) is 24.4 Å². The fourth-order valence-corrected chi connectivity index (χ4v) is 4.51. The number of methoxy groups -OCH3 is 1. The number of hydrogen-bond acceptors (Lipinski definition) is 5. The van der Waals surface area contributed by atoms with Crippen molar-refractivity contribution in [1.82, 2.24) is 10.2 Å². The Morgan fingerprint density at radius 2 is 1.69 bits per heavy atom. The largest absolute Gasteiger partial charge is 0.497 e. The van der Waals surface area contributed by atoms with Gasteiger partial charge in [0.25, 0.3) is 5.91 Å². The predicted molar refractivity (Wildman–Crippen MR) is 128 cm³/mol. The van der Waals surface area contributed by atoms with E-state index < -0.39 is 6.04 Å². The van der Waals surface area contributed by atoms with Gasteiger partial charge in [-0.05, 0) is 41.3 Å². The Morgan fingerprint density at radius 1 is 0.969 bits per heavy atom. The molecule has 1 atom stereocenters. The number of anilines is 1. The number of hydrogen-bond donors (Lipinski definition) is 1. The van der Waals surface area contributed by atoms with Gasteiger partial charge in [-0.1, -0.05) is 36.4 Å². The number of carbonyl (C=O) groups excluding carboxylic acids is 2. The van der Waals surface area contributed by atoms with Crippen LogP contribution in [-0.4, -0.2) is 56.0 Å². The van der Waals surface area contributed by atoms with E-state index >= 15 is 0 Å². The Kier molecular flexibility index (Phi) is 7.07. The normalized spacial score (nSPS) is 14.7. The third-order valence-corrected chi connectivity index (χ3v) is 6.53. The number of piperazine rings is 1. The third-order valence-electron chi connectivity index (χ3n) is 5.66. The number of carbonyl (C=O) groups is 2. The minimum absolute atomic E-state index is 0.0341. The summed E-state index contributed by atoms with van der Waals surface area (Å²) in [6.45, 7) is 2.72. The molecule has 166 valence electrons. The second-order valence-corrected chi connectivity index (χ2v) is 8.65. The van der Waals surface area contributed by atoms with Crippen molar-refractivity contribution < 1.29 is 14.3 Å². The fraction of sp³-hybridized carbons (Fsp3) is 0.280. The van der Waals surface area contributed by atoms with Gasteiger partial charge in [0.05, 0.1) is 12.0 Å². The molecule has 7 heteroatoms. The molecule has 0 spiro atoms. The Hall–Kier alpha value is -3.32. The van der Waals surface area contributed by atoms with Crippen molar-refractivity contribution >= 4 is 28.8 Å². The number of thiophene rings is 1. The Labute approximate surface area is 192 Å². The maximum Gasteiger partial charge on any atom is 0.262 e. The van der Waals surface area contributed by atoms with Crippen molar-refractivity contribution in [3.05, 3.63) is 82.6 Å². The van der Waals surface area contributed by atoms with Gasteiger partial charge in [-0.25, -0.2) is 0 Å². The maximum atomic E-state index is 13.4. The van der Waals surface area contributed by atoms with Crippen LogP contribution in [0.25, 0.3) is 0 Å². The highest BCUT2D eigenvalue weighted by Crippen LogP contribution is 2.21. The third kappa shape index (κ3) is 5.29. The van der Waals surface area contributed by atoms with Crippen molar-refractivity contribution in [3.8, 4) is 5.75 Å². The summed E-state index contributed by atoms with van der Waals surface area (Å²) < 4.78 is 5.23. The molecule has 2 heterocycles. The van der Waals surface area contributed by atoms with Crippen LogP contribution in [0, 0.1) is 0 Å². The van der Waals surface area contributed by atoms with Gasteiger partial charge in [0.2, 0.25) is 5.91 Å². The molecule has 6 nitrogen and oxygen atoms in total. The van der Waals surface area contributed by atoms with Crippen LogP contribution in [0.2, 0.25) is 0 Å². The Bertz CT molecular complexity index is 1010. The average molecular weight is 450 g/mol. The zero-order valence-electron chi connectivity index (χ0n) is 18.1. The maximum absolute atomic E-state index is 13.4. The molecule has 1 saturated heterocycles. The van der Waals surface area contributed by atoms with Crippen molar-refractivity contribution in [1.29, 1.82) is 0 Å². The van der Waals surface area contributed by atoms with Gasteiger partial charge in [0.1, 0.15) is 11.8 Å². The van der Waals surface area contributed by atoms with Crippen molar-refractivity contribution in [2.75, 3.05) is 38.2 Å². The fourth-order valence-electron chi connectivity index (χ4n) is 3.89. The zero-order valence-corrected chi connectivity index (χ0v) is 18.9. The van der Waals surface area contributed by atoms with Crippen molar-refractivity contribution in [2.45, 2.75) is 12.5 Å². The van der Waals surface area contributed by atoms with E-state index in [1.165, 1.54) is 11.3 Å². The molecule has 0 unspecified atom stereocenters. The number of amides is 2. The van der Waals surface area contributed by atoms with Crippen molar-refractivity contribution in [3.63, 3.8) is 0 Å². The average Bonchev–Trinajstić information content (AvgIpc) is 3.39. The highest BCUT2D eigenvalue weighted by Gasteiger charge is 2.29. The minimum atomic E-state index is -0.598. The minimum Gasteiger partial charge on any atom is -0.497 e. The summed E-state index contributed by atoms with van der Waals surface area (Å²) in [5.74, 6) is 0.590. The predicted octanol–water partition coefficient (Wildman–Crippen LogP) is 3.45. The SMILES string of the molecule is COc1ccc(N2CCN(C(=O)[C@H](Cc3ccccc3)NC(=O)c3cccs3)CC2)cc1. The van der Waals surface area contributed by atoms with Crippen LogP contribution in [0.5, 0.6) is 5.75 Å². The van der Waals surface area contributed by atoms with Gasteiger partial charge in [-0.2, -0.15) is 0 Å². The van der Waals surface area contributed by atoms with E-state index in [0.717, 1.165) is 30.1 Å². The van der Waals surface area contributed by atoms with Crippen LogP contribution >= 0.6 is 11.3 Å². The molecule has 1 N–H and O–H groups in total. The molecule has 0 radical (unpaired) electrons. The first-order chi connectivity index (χ1) is 15.6. The molecule has 3 aromatic rings. The highest BCUT2D eigenvalue weighted by atomic mass is 32.1. The number of nitrogens with zero attached hydrogens (tertiary/aromatic N) is 2. The van der Waals surface area contributed by atoms with Crippen LogP contribution in [0.15, 0.2) is 72.1 Å². The molecule has 1 aliphatic heterocycles. The number of ether oxygens (including phenoxy) is 1. The topological polar surface area (TPSA) is 61.9 Å². The molecule has 0 aliphatic carbocycles. The van der Waals surface area contributed by atoms with Gasteiger partial charge < -0.3 is 19.9 Å². The van der Waals surface area contributed by atoms with E-state index in [1.54, 1.807) is 13.2 Å². The van der Waals surface area contributed by atoms with Gasteiger partial charge in [0.15, 0.2) is 0 Å². The second-order valence-electron chi connectivity index (χ2n) is 7.70. The molecule has 0 bridgehead atoms. The Morgan fingerprint density at radius 3 is 2.31 bits per heavy atom. The van der Waals surface area contributed by atoms with Crippen LogP contribution < -0.4 is 15.0 Å². The van der Waals surface area contributed by atoms with E-state index in [2.05, 4.69) is 10.2 Å². The summed E-state index contributed by atoms with van der Waals surface area (Å²) in [5.41, 5.74) is 2.14. The summed E-state index contributed by atoms with van der Waals surface area (Å²) >= 11 is 1.37. The first-order valence-corrected chi connectivity index (χ1v) is 11.6. The highest BCUT2D eigenvalue weighted by molar-refractivity contribution is 7.12. The lowest BCUT2D eigenvalue weighted by Crippen LogP contribution is -2.55. The molecule has 1 aliphatic rings. The first-order valence-electron chi connectivity index (χ1n) is 10.7. The molecule has 4 rings (SSSR count). The molecule has 2 aromatic carbocycles. The summed E-state index contributed by atoms with van der Waals surface area (Å²) in [5, 5.41) is 4.84. The standard InChI is InChI=1S/C25H27N3O3S/c1-31-21-11-9-20(10-12-21)27-13-15-28(16-14-27)25(30)22(18-19-6-3-2-4-7-19)26-24(29)23-8-5-17-32-23/h2-12,17,22H,13-16,18H2,1H3,(H,26,29)/t22-/m0/s1. The van der Waals surface area contributed by atoms with E-state index in [-0.39, 0.29) is 11.8 Å². The van der Waals surface area contributed by atoms with Gasteiger partial charge in [-0.3, -0.25) is 9.59 Å². The van der Waals surface area contributed by atoms with E-state index in [4.69, 9.17) is 4.74 Å². The zero-order chi connectivity index (χ0) is 22.3. The van der Waals surface area contributed by atoms with Crippen LogP contribution in [0.4, 0.5) is 5.69 Å².